The first-order valence-electron chi connectivity index (χ1n) is 7.53. The van der Waals surface area contributed by atoms with E-state index in [-0.39, 0.29) is 24.0 Å². The minimum Gasteiger partial charge on any atom is -0.352 e. The van der Waals surface area contributed by atoms with Crippen molar-refractivity contribution in [2.24, 2.45) is 4.99 Å². The summed E-state index contributed by atoms with van der Waals surface area (Å²) < 4.78 is 0. The van der Waals surface area contributed by atoms with Gasteiger partial charge in [-0.25, -0.2) is 4.98 Å². The summed E-state index contributed by atoms with van der Waals surface area (Å²) in [5, 5.41) is 6.64. The summed E-state index contributed by atoms with van der Waals surface area (Å²) in [5.74, 6) is 0.886. The van der Waals surface area contributed by atoms with Gasteiger partial charge in [0.05, 0.1) is 17.2 Å². The maximum atomic E-state index is 4.51. The normalized spacial score (nSPS) is 11.0. The van der Waals surface area contributed by atoms with Crippen LogP contribution in [0, 0.1) is 6.92 Å². The lowest BCUT2D eigenvalue weighted by molar-refractivity contribution is 0.470. The van der Waals surface area contributed by atoms with E-state index in [2.05, 4.69) is 56.8 Å². The molecular weight excluding hydrogens is 419 g/mol. The number of nitrogens with zero attached hydrogens (tertiary/aromatic N) is 3. The van der Waals surface area contributed by atoms with Crippen molar-refractivity contribution in [2.45, 2.75) is 33.4 Å². The Balaban J connectivity index is 0.00000264. The van der Waals surface area contributed by atoms with Crippen LogP contribution in [0.4, 0.5) is 0 Å². The third-order valence-electron chi connectivity index (χ3n) is 3.58. The number of aliphatic imine (C=N–C) groups is 1. The lowest BCUT2D eigenvalue weighted by Crippen LogP contribution is -2.38. The van der Waals surface area contributed by atoms with Gasteiger partial charge in [0.15, 0.2) is 5.96 Å². The molecule has 0 amide bonds. The number of benzene rings is 1. The van der Waals surface area contributed by atoms with Crippen LogP contribution >= 0.6 is 35.3 Å². The maximum Gasteiger partial charge on any atom is 0.194 e. The molecule has 0 aliphatic carbocycles. The predicted octanol–water partition coefficient (Wildman–Crippen LogP) is 3.84. The summed E-state index contributed by atoms with van der Waals surface area (Å²) in [6.45, 7) is 5.77. The van der Waals surface area contributed by atoms with Crippen molar-refractivity contribution in [3.8, 4) is 0 Å². The molecule has 2 aromatic rings. The topological polar surface area (TPSA) is 40.5 Å². The first kappa shape index (κ1) is 19.9. The van der Waals surface area contributed by atoms with Crippen LogP contribution in [0.2, 0.25) is 0 Å². The van der Waals surface area contributed by atoms with Crippen LogP contribution in [-0.2, 0) is 19.5 Å². The summed E-state index contributed by atoms with van der Waals surface area (Å²) in [5.41, 5.74) is 3.79. The molecule has 6 heteroatoms. The Labute approximate surface area is 160 Å². The molecule has 0 aliphatic rings. The van der Waals surface area contributed by atoms with Gasteiger partial charge in [-0.15, -0.1) is 35.3 Å². The Morgan fingerprint density at radius 2 is 2.00 bits per heavy atom. The number of halogens is 1. The molecule has 1 aromatic carbocycles. The molecule has 1 N–H and O–H groups in total. The van der Waals surface area contributed by atoms with Crippen LogP contribution < -0.4 is 5.32 Å². The zero-order valence-electron chi connectivity index (χ0n) is 14.2. The zero-order valence-corrected chi connectivity index (χ0v) is 17.3. The summed E-state index contributed by atoms with van der Waals surface area (Å²) in [6.07, 6.45) is 1.05. The molecule has 0 unspecified atom stereocenters. The number of hydrogen-bond donors (Lipinski definition) is 1. The molecule has 0 saturated carbocycles. The van der Waals surface area contributed by atoms with Crippen LogP contribution in [0.15, 0.2) is 34.6 Å². The van der Waals surface area contributed by atoms with Crippen molar-refractivity contribution in [1.82, 2.24) is 15.2 Å². The van der Waals surface area contributed by atoms with Crippen molar-refractivity contribution >= 4 is 41.3 Å². The second-order valence-electron chi connectivity index (χ2n) is 5.24. The molecule has 1 aromatic heterocycles. The molecule has 4 nitrogen and oxygen atoms in total. The largest absolute Gasteiger partial charge is 0.352 e. The Kier molecular flexibility index (Phi) is 8.54. The minimum atomic E-state index is 0. The summed E-state index contributed by atoms with van der Waals surface area (Å²) in [4.78, 5) is 11.0. The SMILES string of the molecule is CCc1ccccc1CNC(=NC)N(C)Cc1csc(C)n1.I. The van der Waals surface area contributed by atoms with Crippen molar-refractivity contribution < 1.29 is 0 Å². The average molecular weight is 444 g/mol. The zero-order chi connectivity index (χ0) is 15.9. The van der Waals surface area contributed by atoms with Gasteiger partial charge in [0.25, 0.3) is 0 Å². The number of thiazole rings is 1. The molecule has 0 bridgehead atoms. The van der Waals surface area contributed by atoms with Crippen LogP contribution in [0.3, 0.4) is 0 Å². The Hall–Kier alpha value is -1.15. The molecule has 0 fully saturated rings. The third kappa shape index (κ3) is 5.76. The number of aryl methyl sites for hydroxylation is 2. The molecule has 1 heterocycles. The molecule has 0 atom stereocenters. The lowest BCUT2D eigenvalue weighted by atomic mass is 10.1. The van der Waals surface area contributed by atoms with Crippen molar-refractivity contribution in [3.05, 3.63) is 51.5 Å². The van der Waals surface area contributed by atoms with Crippen LogP contribution in [-0.4, -0.2) is 29.9 Å². The molecule has 0 radical (unpaired) electrons. The smallest absolute Gasteiger partial charge is 0.194 e. The van der Waals surface area contributed by atoms with Gasteiger partial charge in [0.2, 0.25) is 0 Å². The molecule has 2 rings (SSSR count). The average Bonchev–Trinajstić information content (AvgIpc) is 2.93. The van der Waals surface area contributed by atoms with E-state index in [1.807, 2.05) is 21.0 Å². The van der Waals surface area contributed by atoms with E-state index in [0.29, 0.717) is 0 Å². The Morgan fingerprint density at radius 1 is 1.30 bits per heavy atom. The fourth-order valence-electron chi connectivity index (χ4n) is 2.43. The van der Waals surface area contributed by atoms with Gasteiger partial charge >= 0.3 is 0 Å². The minimum absolute atomic E-state index is 0. The number of hydrogen-bond acceptors (Lipinski definition) is 3. The summed E-state index contributed by atoms with van der Waals surface area (Å²) in [7, 11) is 3.85. The maximum absolute atomic E-state index is 4.51. The highest BCUT2D eigenvalue weighted by atomic mass is 127. The van der Waals surface area contributed by atoms with Crippen molar-refractivity contribution in [3.63, 3.8) is 0 Å². The van der Waals surface area contributed by atoms with Crippen LogP contribution in [0.25, 0.3) is 0 Å². The highest BCUT2D eigenvalue weighted by Gasteiger charge is 2.09. The monoisotopic (exact) mass is 444 g/mol. The van der Waals surface area contributed by atoms with Crippen molar-refractivity contribution in [1.29, 1.82) is 0 Å². The van der Waals surface area contributed by atoms with E-state index in [1.165, 1.54) is 11.1 Å². The second-order valence-corrected chi connectivity index (χ2v) is 6.30. The van der Waals surface area contributed by atoms with Gasteiger partial charge in [-0.3, -0.25) is 4.99 Å². The highest BCUT2D eigenvalue weighted by Crippen LogP contribution is 2.11. The van der Waals surface area contributed by atoms with Crippen LogP contribution in [0.5, 0.6) is 0 Å². The van der Waals surface area contributed by atoms with E-state index >= 15 is 0 Å². The van der Waals surface area contributed by atoms with Gasteiger partial charge in [0.1, 0.15) is 0 Å². The summed E-state index contributed by atoms with van der Waals surface area (Å²) in [6, 6.07) is 8.53. The molecule has 126 valence electrons. The quantitative estimate of drug-likeness (QED) is 0.433. The molecule has 0 saturated heterocycles. The first-order valence-corrected chi connectivity index (χ1v) is 8.41. The number of nitrogens with one attached hydrogen (secondary N) is 1. The second kappa shape index (κ2) is 9.87. The van der Waals surface area contributed by atoms with Crippen LogP contribution in [0.1, 0.15) is 28.8 Å². The molecule has 0 aliphatic heterocycles. The lowest BCUT2D eigenvalue weighted by Gasteiger charge is -2.21. The molecular formula is C17H25IN4S. The Bertz CT molecular complexity index is 639. The van der Waals surface area contributed by atoms with E-state index in [4.69, 9.17) is 0 Å². The van der Waals surface area contributed by atoms with Gasteiger partial charge in [-0.05, 0) is 24.5 Å². The van der Waals surface area contributed by atoms with Crippen molar-refractivity contribution in [2.75, 3.05) is 14.1 Å². The number of guanidine groups is 1. The standard InChI is InChI=1S/C17H24N4S.HI/c1-5-14-8-6-7-9-15(14)10-19-17(18-3)21(4)11-16-12-22-13(2)20-16;/h6-9,12H,5,10-11H2,1-4H3,(H,18,19);1H. The Morgan fingerprint density at radius 3 is 2.57 bits per heavy atom. The van der Waals surface area contributed by atoms with E-state index < -0.39 is 0 Å². The molecule has 23 heavy (non-hydrogen) atoms. The first-order chi connectivity index (χ1) is 10.6. The predicted molar refractivity (Wildman–Crippen MR) is 110 cm³/mol. The van der Waals surface area contributed by atoms with E-state index in [0.717, 1.165) is 36.2 Å². The van der Waals surface area contributed by atoms with Gasteiger partial charge in [-0.2, -0.15) is 0 Å². The van der Waals surface area contributed by atoms with E-state index in [1.54, 1.807) is 11.3 Å². The molecule has 0 spiro atoms. The number of rotatable bonds is 5. The van der Waals surface area contributed by atoms with Gasteiger partial charge in [-0.1, -0.05) is 31.2 Å². The fraction of sp³-hybridized carbons (Fsp3) is 0.412. The van der Waals surface area contributed by atoms with Gasteiger partial charge in [0, 0.05) is 26.0 Å². The van der Waals surface area contributed by atoms with Gasteiger partial charge < -0.3 is 10.2 Å². The highest BCUT2D eigenvalue weighted by molar-refractivity contribution is 14.0. The fourth-order valence-corrected chi connectivity index (χ4v) is 3.04. The van der Waals surface area contributed by atoms with E-state index in [9.17, 15) is 0 Å². The third-order valence-corrected chi connectivity index (χ3v) is 4.40. The summed E-state index contributed by atoms with van der Waals surface area (Å²) >= 11 is 1.68. The number of aromatic nitrogens is 1.